The summed E-state index contributed by atoms with van der Waals surface area (Å²) in [4.78, 5) is 4.44. The molecule has 0 aliphatic carbocycles. The van der Waals surface area contributed by atoms with Crippen LogP contribution in [0.4, 0.5) is 0 Å². The second kappa shape index (κ2) is 7.14. The van der Waals surface area contributed by atoms with Crippen LogP contribution in [0.5, 0.6) is 0 Å². The Labute approximate surface area is 82.0 Å². The number of hydrogen-bond donors (Lipinski definition) is 0. The molecule has 0 atom stereocenters. The molecule has 0 radical (unpaired) electrons. The fourth-order valence-electron chi connectivity index (χ4n) is 0.698. The third-order valence-electron chi connectivity index (χ3n) is 1.23. The molecule has 0 nitrogen and oxygen atoms in total. The van der Waals surface area contributed by atoms with E-state index < -0.39 is 0 Å². The molecule has 0 bridgehead atoms. The fourth-order valence-corrected chi connectivity index (χ4v) is 2.38. The van der Waals surface area contributed by atoms with Gasteiger partial charge in [0.25, 0.3) is 0 Å². The molecule has 1 aliphatic heterocycles. The van der Waals surface area contributed by atoms with Crippen molar-refractivity contribution in [2.24, 2.45) is 0 Å². The summed E-state index contributed by atoms with van der Waals surface area (Å²) < 4.78 is 0. The van der Waals surface area contributed by atoms with Gasteiger partial charge in [0.2, 0.25) is 0 Å². The molecule has 2 rings (SSSR count). The summed E-state index contributed by atoms with van der Waals surface area (Å²) in [6, 6.07) is 6.24. The molecule has 0 aromatic carbocycles. The van der Waals surface area contributed by atoms with Gasteiger partial charge in [-0.05, 0) is 0 Å². The first-order chi connectivity index (χ1) is 6.00. The Bertz CT molecular complexity index is 213. The van der Waals surface area contributed by atoms with Crippen molar-refractivity contribution in [3.05, 3.63) is 52.6 Å². The van der Waals surface area contributed by atoms with Gasteiger partial charge in [-0.15, -0.1) is 0 Å². The fraction of sp³-hybridized carbons (Fsp3) is 0. The van der Waals surface area contributed by atoms with E-state index in [0.29, 0.717) is 24.4 Å². The first-order valence-electron chi connectivity index (χ1n) is 3.85. The molecule has 2 heterocycles. The van der Waals surface area contributed by atoms with Gasteiger partial charge in [0.1, 0.15) is 0 Å². The van der Waals surface area contributed by atoms with Crippen LogP contribution in [0.2, 0.25) is 0 Å². The van der Waals surface area contributed by atoms with Crippen LogP contribution in [0.15, 0.2) is 52.6 Å². The Morgan fingerprint density at radius 1 is 0.833 bits per heavy atom. The second-order valence-corrected chi connectivity index (χ2v) is 5.21. The predicted octanol–water partition coefficient (Wildman–Crippen LogP) is 1.33. The standard InChI is InChI=1S/C5H5As.C5H6Si/c2*1-2-4-6-5-3-1/h1-5H;1-6H. The van der Waals surface area contributed by atoms with Gasteiger partial charge in [0.05, 0.1) is 0 Å². The van der Waals surface area contributed by atoms with E-state index in [-0.39, 0.29) is 0 Å². The van der Waals surface area contributed by atoms with Crippen LogP contribution >= 0.6 is 0 Å². The molecule has 1 aliphatic rings. The van der Waals surface area contributed by atoms with E-state index in [1.54, 1.807) is 0 Å². The van der Waals surface area contributed by atoms with Crippen molar-refractivity contribution in [2.45, 2.75) is 0 Å². The molecule has 2 heteroatoms. The first kappa shape index (κ1) is 9.56. The minimum Gasteiger partial charge on any atom is -0.0805 e. The Hall–Kier alpha value is -0.525. The third-order valence-corrected chi connectivity index (χ3v) is 3.57. The quantitative estimate of drug-likeness (QED) is 0.594. The third kappa shape index (κ3) is 5.17. The van der Waals surface area contributed by atoms with Gasteiger partial charge in [-0.25, -0.2) is 0 Å². The molecule has 0 N–H and O–H groups in total. The molecule has 60 valence electrons. The van der Waals surface area contributed by atoms with Crippen LogP contribution in [0.25, 0.3) is 0 Å². The van der Waals surface area contributed by atoms with Crippen LogP contribution in [0.1, 0.15) is 0 Å². The predicted molar refractivity (Wildman–Crippen MR) is 59.3 cm³/mol. The van der Waals surface area contributed by atoms with Gasteiger partial charge in [0.15, 0.2) is 0 Å². The Kier molecular flexibility index (Phi) is 5.69. The van der Waals surface area contributed by atoms with E-state index >= 15 is 0 Å². The van der Waals surface area contributed by atoms with Crippen molar-refractivity contribution in [1.29, 1.82) is 0 Å². The summed E-state index contributed by atoms with van der Waals surface area (Å²) in [7, 11) is 0.513. The van der Waals surface area contributed by atoms with Crippen molar-refractivity contribution in [3.63, 3.8) is 0 Å². The molecule has 0 unspecified atom stereocenters. The van der Waals surface area contributed by atoms with E-state index in [0.717, 1.165) is 0 Å². The molecule has 0 spiro atoms. The average Bonchev–Trinajstić information content (AvgIpc) is 2.24. The molecule has 0 saturated heterocycles. The van der Waals surface area contributed by atoms with Crippen LogP contribution in [0, 0.1) is 0 Å². The van der Waals surface area contributed by atoms with E-state index in [1.165, 1.54) is 0 Å². The largest absolute Gasteiger partial charge is 0.0805 e. The van der Waals surface area contributed by atoms with Gasteiger partial charge in [-0.3, -0.25) is 0 Å². The number of allylic oxidation sites excluding steroid dienone is 3. The number of rotatable bonds is 0. The van der Waals surface area contributed by atoms with Crippen LogP contribution in [-0.4, -0.2) is 29.2 Å². The van der Waals surface area contributed by atoms with E-state index in [4.69, 9.17) is 0 Å². The van der Waals surface area contributed by atoms with Crippen molar-refractivity contribution < 1.29 is 0 Å². The zero-order chi connectivity index (χ0) is 8.49. The zero-order valence-electron chi connectivity index (χ0n) is 6.80. The van der Waals surface area contributed by atoms with Crippen LogP contribution < -0.4 is 0 Å². The molecule has 1 aromatic heterocycles. The summed E-state index contributed by atoms with van der Waals surface area (Å²) >= 11 is 0.438. The van der Waals surface area contributed by atoms with Crippen LogP contribution in [-0.2, 0) is 0 Å². The molecule has 12 heavy (non-hydrogen) atoms. The van der Waals surface area contributed by atoms with E-state index in [1.807, 2.05) is 0 Å². The first-order valence-corrected chi connectivity index (χ1v) is 7.35. The van der Waals surface area contributed by atoms with Crippen LogP contribution in [0.3, 0.4) is 0 Å². The summed E-state index contributed by atoms with van der Waals surface area (Å²) in [6.07, 6.45) is 6.25. The normalized spacial score (nSPS) is 13.3. The molecular weight excluding hydrogens is 223 g/mol. The zero-order valence-corrected chi connectivity index (χ0v) is 9.83. The maximum atomic E-state index is 2.22. The minimum absolute atomic E-state index is 0.438. The topological polar surface area (TPSA) is 0 Å². The average molecular weight is 234 g/mol. The molecule has 0 fully saturated rings. The molecule has 0 amide bonds. The van der Waals surface area contributed by atoms with Crippen molar-refractivity contribution in [2.75, 3.05) is 0 Å². The van der Waals surface area contributed by atoms with Crippen molar-refractivity contribution in [1.82, 2.24) is 0 Å². The Morgan fingerprint density at radius 3 is 1.83 bits per heavy atom. The summed E-state index contributed by atoms with van der Waals surface area (Å²) in [5, 5.41) is 0. The monoisotopic (exact) mass is 234 g/mol. The second-order valence-electron chi connectivity index (χ2n) is 2.18. The van der Waals surface area contributed by atoms with Crippen molar-refractivity contribution in [3.8, 4) is 0 Å². The molecule has 1 aromatic rings. The van der Waals surface area contributed by atoms with Gasteiger partial charge in [-0.2, -0.15) is 0 Å². The molecule has 0 saturated carbocycles. The maximum absolute atomic E-state index is 2.22. The minimum atomic E-state index is 0.438. The maximum Gasteiger partial charge on any atom is 0.0198 e. The van der Waals surface area contributed by atoms with Gasteiger partial charge >= 0.3 is 43.2 Å². The Balaban J connectivity index is 0.000000120. The smallest absolute Gasteiger partial charge is 0.0198 e. The van der Waals surface area contributed by atoms with Gasteiger partial charge in [0, 0.05) is 9.12 Å². The summed E-state index contributed by atoms with van der Waals surface area (Å²) in [5.74, 6) is 0. The van der Waals surface area contributed by atoms with Crippen molar-refractivity contribution >= 4 is 29.2 Å². The van der Waals surface area contributed by atoms with E-state index in [2.05, 4.69) is 57.5 Å². The van der Waals surface area contributed by atoms with Gasteiger partial charge in [-0.1, -0.05) is 29.6 Å². The number of hydrogen-bond acceptors (Lipinski definition) is 0. The van der Waals surface area contributed by atoms with Gasteiger partial charge < -0.3 is 0 Å². The molecular formula is C10H11AsSi. The SMILES string of the molecule is C1=CC=[As]C=C1.c1cc[siH]cc1. The summed E-state index contributed by atoms with van der Waals surface area (Å²) in [5.41, 5.74) is 4.42. The summed E-state index contributed by atoms with van der Waals surface area (Å²) in [6.45, 7) is 0. The Morgan fingerprint density at radius 2 is 1.67 bits per heavy atom. The van der Waals surface area contributed by atoms with E-state index in [9.17, 15) is 0 Å².